The third kappa shape index (κ3) is 6.38. The second-order valence-corrected chi connectivity index (χ2v) is 5.22. The zero-order valence-electron chi connectivity index (χ0n) is 11.3. The Morgan fingerprint density at radius 1 is 1.26 bits per heavy atom. The summed E-state index contributed by atoms with van der Waals surface area (Å²) in [7, 11) is 0. The third-order valence-corrected chi connectivity index (χ3v) is 3.61. The average molecular weight is 284 g/mol. The van der Waals surface area contributed by atoms with Crippen molar-refractivity contribution in [3.8, 4) is 11.5 Å². The first kappa shape index (κ1) is 15.7. The van der Waals surface area contributed by atoms with E-state index in [4.69, 9.17) is 14.6 Å². The number of carbonyl (C=O) groups is 1. The predicted octanol–water partition coefficient (Wildman–Crippen LogP) is 2.92. The third-order valence-electron chi connectivity index (χ3n) is 2.42. The molecule has 0 bridgehead atoms. The van der Waals surface area contributed by atoms with Crippen LogP contribution in [-0.2, 0) is 4.79 Å². The second-order valence-electron chi connectivity index (χ2n) is 4.07. The first-order valence-corrected chi connectivity index (χ1v) is 7.45. The van der Waals surface area contributed by atoms with Crippen LogP contribution >= 0.6 is 11.8 Å². The van der Waals surface area contributed by atoms with Crippen LogP contribution in [0.3, 0.4) is 0 Å². The molecule has 106 valence electrons. The molecular weight excluding hydrogens is 264 g/mol. The van der Waals surface area contributed by atoms with Crippen molar-refractivity contribution >= 4 is 17.7 Å². The van der Waals surface area contributed by atoms with Gasteiger partial charge in [0.05, 0.1) is 19.1 Å². The van der Waals surface area contributed by atoms with Crippen molar-refractivity contribution in [2.24, 2.45) is 5.92 Å². The lowest BCUT2D eigenvalue weighted by atomic mass is 10.2. The molecule has 1 rings (SSSR count). The Hall–Kier alpha value is -1.36. The molecule has 0 aromatic heterocycles. The topological polar surface area (TPSA) is 55.8 Å². The van der Waals surface area contributed by atoms with Gasteiger partial charge in [0.25, 0.3) is 0 Å². The molecule has 1 atom stereocenters. The maximum atomic E-state index is 10.6. The summed E-state index contributed by atoms with van der Waals surface area (Å²) in [4.78, 5) is 10.6. The Bertz CT molecular complexity index is 378. The van der Waals surface area contributed by atoms with Gasteiger partial charge in [-0.25, -0.2) is 0 Å². The van der Waals surface area contributed by atoms with Gasteiger partial charge in [-0.2, -0.15) is 11.8 Å². The zero-order chi connectivity index (χ0) is 14.1. The Balaban J connectivity index is 2.17. The maximum absolute atomic E-state index is 10.6. The van der Waals surface area contributed by atoms with Crippen molar-refractivity contribution in [3.05, 3.63) is 24.3 Å². The number of rotatable bonds is 9. The first-order valence-electron chi connectivity index (χ1n) is 6.29. The van der Waals surface area contributed by atoms with E-state index in [1.54, 1.807) is 18.7 Å². The van der Waals surface area contributed by atoms with E-state index in [1.807, 2.05) is 31.2 Å². The molecule has 4 nitrogen and oxygen atoms in total. The van der Waals surface area contributed by atoms with Crippen molar-refractivity contribution in [1.82, 2.24) is 0 Å². The van der Waals surface area contributed by atoms with E-state index in [0.717, 1.165) is 17.3 Å². The van der Waals surface area contributed by atoms with Gasteiger partial charge in [-0.15, -0.1) is 0 Å². The smallest absolute Gasteiger partial charge is 0.307 e. The molecule has 1 aromatic rings. The maximum Gasteiger partial charge on any atom is 0.307 e. The van der Waals surface area contributed by atoms with E-state index in [1.165, 1.54) is 0 Å². The summed E-state index contributed by atoms with van der Waals surface area (Å²) < 4.78 is 10.9. The van der Waals surface area contributed by atoms with Crippen LogP contribution in [0, 0.1) is 5.92 Å². The molecule has 0 saturated carbocycles. The number of hydrogen-bond acceptors (Lipinski definition) is 4. The second kappa shape index (κ2) is 8.69. The molecule has 1 N–H and O–H groups in total. The summed E-state index contributed by atoms with van der Waals surface area (Å²) in [5, 5.41) is 8.73. The van der Waals surface area contributed by atoms with Crippen LogP contribution in [0.15, 0.2) is 24.3 Å². The molecule has 0 spiro atoms. The highest BCUT2D eigenvalue weighted by atomic mass is 32.2. The molecule has 0 aliphatic heterocycles. The van der Waals surface area contributed by atoms with Crippen LogP contribution in [0.1, 0.15) is 13.8 Å². The quantitative estimate of drug-likeness (QED) is 0.707. The SMILES string of the molecule is CCOc1ccc(OCCSCC(C)C(=O)O)cc1. The van der Waals surface area contributed by atoms with Crippen molar-refractivity contribution in [2.75, 3.05) is 24.7 Å². The molecule has 1 unspecified atom stereocenters. The minimum Gasteiger partial charge on any atom is -0.494 e. The van der Waals surface area contributed by atoms with Crippen LogP contribution in [0.4, 0.5) is 0 Å². The van der Waals surface area contributed by atoms with Gasteiger partial charge < -0.3 is 14.6 Å². The van der Waals surface area contributed by atoms with Crippen LogP contribution in [0.5, 0.6) is 11.5 Å². The highest BCUT2D eigenvalue weighted by Crippen LogP contribution is 2.18. The molecule has 0 aliphatic carbocycles. The molecule has 1 aromatic carbocycles. The Labute approximate surface area is 118 Å². The van der Waals surface area contributed by atoms with Crippen LogP contribution in [0.25, 0.3) is 0 Å². The monoisotopic (exact) mass is 284 g/mol. The van der Waals surface area contributed by atoms with Gasteiger partial charge >= 0.3 is 5.97 Å². The number of carboxylic acids is 1. The first-order chi connectivity index (χ1) is 9.13. The fraction of sp³-hybridized carbons (Fsp3) is 0.500. The number of hydrogen-bond donors (Lipinski definition) is 1. The van der Waals surface area contributed by atoms with E-state index in [0.29, 0.717) is 19.0 Å². The number of carboxylic acid groups (broad SMARTS) is 1. The minimum absolute atomic E-state index is 0.310. The minimum atomic E-state index is -0.750. The number of benzene rings is 1. The van der Waals surface area contributed by atoms with E-state index in [2.05, 4.69) is 0 Å². The lowest BCUT2D eigenvalue weighted by Gasteiger charge is -2.08. The van der Waals surface area contributed by atoms with E-state index in [-0.39, 0.29) is 5.92 Å². The molecule has 0 aliphatic rings. The standard InChI is InChI=1S/C14H20O4S/c1-3-17-12-4-6-13(7-5-12)18-8-9-19-10-11(2)14(15)16/h4-7,11H,3,8-10H2,1-2H3,(H,15,16). The van der Waals surface area contributed by atoms with Gasteiger partial charge in [0.1, 0.15) is 11.5 Å². The molecule has 0 saturated heterocycles. The summed E-state index contributed by atoms with van der Waals surface area (Å²) in [6.07, 6.45) is 0. The van der Waals surface area contributed by atoms with Crippen molar-refractivity contribution < 1.29 is 19.4 Å². The Kier molecular flexibility index (Phi) is 7.18. The molecular formula is C14H20O4S. The van der Waals surface area contributed by atoms with E-state index < -0.39 is 5.97 Å². The number of aliphatic carboxylic acids is 1. The van der Waals surface area contributed by atoms with E-state index in [9.17, 15) is 4.79 Å². The van der Waals surface area contributed by atoms with Gasteiger partial charge in [0.2, 0.25) is 0 Å². The average Bonchev–Trinajstić information content (AvgIpc) is 2.40. The summed E-state index contributed by atoms with van der Waals surface area (Å²) in [6, 6.07) is 7.49. The zero-order valence-corrected chi connectivity index (χ0v) is 12.1. The Morgan fingerprint density at radius 3 is 2.37 bits per heavy atom. The summed E-state index contributed by atoms with van der Waals surface area (Å²) in [5.74, 6) is 1.97. The van der Waals surface area contributed by atoms with Gasteiger partial charge in [-0.05, 0) is 31.2 Å². The molecule has 0 heterocycles. The number of thioether (sulfide) groups is 1. The molecule has 0 radical (unpaired) electrons. The lowest BCUT2D eigenvalue weighted by molar-refractivity contribution is -0.140. The highest BCUT2D eigenvalue weighted by Gasteiger charge is 2.09. The molecule has 0 fully saturated rings. The van der Waals surface area contributed by atoms with Gasteiger partial charge in [-0.3, -0.25) is 4.79 Å². The summed E-state index contributed by atoms with van der Waals surface area (Å²) >= 11 is 1.59. The summed E-state index contributed by atoms with van der Waals surface area (Å²) in [5.41, 5.74) is 0. The summed E-state index contributed by atoms with van der Waals surface area (Å²) in [6.45, 7) is 4.88. The predicted molar refractivity (Wildman–Crippen MR) is 77.2 cm³/mol. The van der Waals surface area contributed by atoms with Crippen molar-refractivity contribution in [1.29, 1.82) is 0 Å². The van der Waals surface area contributed by atoms with E-state index >= 15 is 0 Å². The number of ether oxygens (including phenoxy) is 2. The largest absolute Gasteiger partial charge is 0.494 e. The van der Waals surface area contributed by atoms with Crippen LogP contribution in [0.2, 0.25) is 0 Å². The van der Waals surface area contributed by atoms with Gasteiger partial charge in [0, 0.05) is 11.5 Å². The fourth-order valence-electron chi connectivity index (χ4n) is 1.35. The van der Waals surface area contributed by atoms with Gasteiger partial charge in [0.15, 0.2) is 0 Å². The van der Waals surface area contributed by atoms with Gasteiger partial charge in [-0.1, -0.05) is 6.92 Å². The lowest BCUT2D eigenvalue weighted by Crippen LogP contribution is -2.13. The van der Waals surface area contributed by atoms with Crippen molar-refractivity contribution in [3.63, 3.8) is 0 Å². The van der Waals surface area contributed by atoms with Crippen LogP contribution < -0.4 is 9.47 Å². The van der Waals surface area contributed by atoms with Crippen molar-refractivity contribution in [2.45, 2.75) is 13.8 Å². The Morgan fingerprint density at radius 2 is 1.84 bits per heavy atom. The molecule has 19 heavy (non-hydrogen) atoms. The highest BCUT2D eigenvalue weighted by molar-refractivity contribution is 7.99. The normalized spacial score (nSPS) is 11.9. The van der Waals surface area contributed by atoms with Crippen LogP contribution in [-0.4, -0.2) is 35.8 Å². The fourth-order valence-corrected chi connectivity index (χ4v) is 2.21. The molecule has 5 heteroatoms. The molecule has 0 amide bonds.